The van der Waals surface area contributed by atoms with Crippen molar-refractivity contribution in [2.24, 2.45) is 0 Å². The van der Waals surface area contributed by atoms with Crippen LogP contribution in [0.3, 0.4) is 0 Å². The maximum Gasteiger partial charge on any atom is 0.397 e. The lowest BCUT2D eigenvalue weighted by molar-refractivity contribution is -0.154. The number of urea groups is 1. The zero-order valence-corrected chi connectivity index (χ0v) is 8.25. The SMILES string of the molecule is CCCCOC(=O)C(=O)NC(=O)NC. The van der Waals surface area contributed by atoms with Crippen LogP contribution in [-0.4, -0.2) is 31.6 Å². The van der Waals surface area contributed by atoms with E-state index < -0.39 is 17.9 Å². The van der Waals surface area contributed by atoms with Gasteiger partial charge in [-0.15, -0.1) is 0 Å². The Hall–Kier alpha value is -1.59. The summed E-state index contributed by atoms with van der Waals surface area (Å²) in [6.07, 6.45) is 1.56. The van der Waals surface area contributed by atoms with Crippen LogP contribution in [0.1, 0.15) is 19.8 Å². The first kappa shape index (κ1) is 12.4. The molecule has 0 aliphatic rings. The second-order valence-electron chi connectivity index (χ2n) is 2.52. The predicted molar refractivity (Wildman–Crippen MR) is 48.5 cm³/mol. The molecular weight excluding hydrogens is 188 g/mol. The average Bonchev–Trinajstić information content (AvgIpc) is 2.17. The summed E-state index contributed by atoms with van der Waals surface area (Å²) < 4.78 is 4.56. The van der Waals surface area contributed by atoms with Crippen molar-refractivity contribution in [2.75, 3.05) is 13.7 Å². The first-order valence-electron chi connectivity index (χ1n) is 4.31. The molecule has 0 heterocycles. The van der Waals surface area contributed by atoms with Crippen LogP contribution in [0.15, 0.2) is 0 Å². The second kappa shape index (κ2) is 6.88. The second-order valence-corrected chi connectivity index (χ2v) is 2.52. The van der Waals surface area contributed by atoms with E-state index in [4.69, 9.17) is 0 Å². The van der Waals surface area contributed by atoms with Gasteiger partial charge >= 0.3 is 17.9 Å². The number of ether oxygens (including phenoxy) is 1. The Labute approximate surface area is 82.0 Å². The molecule has 0 rings (SSSR count). The minimum Gasteiger partial charge on any atom is -0.459 e. The number of esters is 1. The van der Waals surface area contributed by atoms with E-state index in [0.717, 1.165) is 6.42 Å². The van der Waals surface area contributed by atoms with Crippen LogP contribution in [0.2, 0.25) is 0 Å². The third kappa shape index (κ3) is 5.13. The van der Waals surface area contributed by atoms with Crippen molar-refractivity contribution < 1.29 is 19.1 Å². The van der Waals surface area contributed by atoms with Gasteiger partial charge in [-0.05, 0) is 6.42 Å². The van der Waals surface area contributed by atoms with Crippen LogP contribution in [0.5, 0.6) is 0 Å². The highest BCUT2D eigenvalue weighted by atomic mass is 16.5. The smallest absolute Gasteiger partial charge is 0.397 e. The van der Waals surface area contributed by atoms with Crippen LogP contribution < -0.4 is 10.6 Å². The lowest BCUT2D eigenvalue weighted by Crippen LogP contribution is -2.41. The quantitative estimate of drug-likeness (QED) is 0.376. The summed E-state index contributed by atoms with van der Waals surface area (Å²) >= 11 is 0. The Bertz CT molecular complexity index is 227. The molecule has 3 amide bonds. The number of rotatable bonds is 3. The van der Waals surface area contributed by atoms with E-state index in [2.05, 4.69) is 10.1 Å². The molecule has 6 heteroatoms. The molecule has 0 bridgehead atoms. The lowest BCUT2D eigenvalue weighted by Gasteiger charge is -2.03. The summed E-state index contributed by atoms with van der Waals surface area (Å²) in [7, 11) is 1.34. The first-order valence-corrected chi connectivity index (χ1v) is 4.31. The van der Waals surface area contributed by atoms with E-state index in [9.17, 15) is 14.4 Å². The molecule has 2 N–H and O–H groups in total. The van der Waals surface area contributed by atoms with Crippen LogP contribution >= 0.6 is 0 Å². The maximum atomic E-state index is 10.9. The van der Waals surface area contributed by atoms with Crippen LogP contribution in [-0.2, 0) is 14.3 Å². The van der Waals surface area contributed by atoms with Gasteiger partial charge in [-0.25, -0.2) is 9.59 Å². The van der Waals surface area contributed by atoms with Crippen molar-refractivity contribution in [1.82, 2.24) is 10.6 Å². The number of hydrogen-bond acceptors (Lipinski definition) is 4. The highest BCUT2D eigenvalue weighted by molar-refractivity contribution is 6.35. The van der Waals surface area contributed by atoms with E-state index in [0.29, 0.717) is 6.42 Å². The molecule has 0 aromatic rings. The Morgan fingerprint density at radius 3 is 2.43 bits per heavy atom. The standard InChI is InChI=1S/C8H14N2O4/c1-3-4-5-14-7(12)6(11)10-8(13)9-2/h3-5H2,1-2H3,(H2,9,10,11,13). The van der Waals surface area contributed by atoms with Crippen molar-refractivity contribution in [3.63, 3.8) is 0 Å². The highest BCUT2D eigenvalue weighted by Crippen LogP contribution is 1.88. The Morgan fingerprint density at radius 2 is 1.93 bits per heavy atom. The fourth-order valence-corrected chi connectivity index (χ4v) is 0.591. The molecule has 0 spiro atoms. The normalized spacial score (nSPS) is 9.00. The third-order valence-corrected chi connectivity index (χ3v) is 1.37. The summed E-state index contributed by atoms with van der Waals surface area (Å²) in [5.74, 6) is -2.09. The van der Waals surface area contributed by atoms with Gasteiger partial charge < -0.3 is 10.1 Å². The van der Waals surface area contributed by atoms with E-state index in [1.54, 1.807) is 5.32 Å². The van der Waals surface area contributed by atoms with E-state index in [1.807, 2.05) is 6.92 Å². The number of unbranched alkanes of at least 4 members (excludes halogenated alkanes) is 1. The van der Waals surface area contributed by atoms with Gasteiger partial charge in [-0.3, -0.25) is 10.1 Å². The molecule has 14 heavy (non-hydrogen) atoms. The zero-order chi connectivity index (χ0) is 11.0. The molecule has 0 fully saturated rings. The van der Waals surface area contributed by atoms with Gasteiger partial charge in [-0.1, -0.05) is 13.3 Å². The molecule has 0 aliphatic heterocycles. The van der Waals surface area contributed by atoms with Gasteiger partial charge in [-0.2, -0.15) is 0 Å². The van der Waals surface area contributed by atoms with E-state index >= 15 is 0 Å². The van der Waals surface area contributed by atoms with E-state index in [-0.39, 0.29) is 6.61 Å². The third-order valence-electron chi connectivity index (χ3n) is 1.37. The molecule has 0 aromatic carbocycles. The molecule has 80 valence electrons. The Kier molecular flexibility index (Phi) is 6.09. The van der Waals surface area contributed by atoms with Gasteiger partial charge in [0.05, 0.1) is 6.61 Å². The lowest BCUT2D eigenvalue weighted by atomic mass is 10.4. The minimum atomic E-state index is -1.06. The number of nitrogens with one attached hydrogen (secondary N) is 2. The molecule has 0 radical (unpaired) electrons. The fraction of sp³-hybridized carbons (Fsp3) is 0.625. The van der Waals surface area contributed by atoms with Crippen LogP contribution in [0.4, 0.5) is 4.79 Å². The number of carbonyl (C=O) groups is 3. The summed E-state index contributed by atoms with van der Waals surface area (Å²) in [6, 6.07) is -0.734. The molecule has 0 unspecified atom stereocenters. The Balaban J connectivity index is 3.77. The van der Waals surface area contributed by atoms with Crippen molar-refractivity contribution in [3.05, 3.63) is 0 Å². The summed E-state index contributed by atoms with van der Waals surface area (Å²) in [5.41, 5.74) is 0. The van der Waals surface area contributed by atoms with Crippen molar-refractivity contribution in [2.45, 2.75) is 19.8 Å². The van der Waals surface area contributed by atoms with Gasteiger partial charge in [0.15, 0.2) is 0 Å². The maximum absolute atomic E-state index is 10.9. The molecule has 6 nitrogen and oxygen atoms in total. The van der Waals surface area contributed by atoms with Gasteiger partial charge in [0.2, 0.25) is 0 Å². The number of carbonyl (C=O) groups excluding carboxylic acids is 3. The highest BCUT2D eigenvalue weighted by Gasteiger charge is 2.16. The van der Waals surface area contributed by atoms with Crippen molar-refractivity contribution >= 4 is 17.9 Å². The molecule has 0 aliphatic carbocycles. The molecule has 0 saturated heterocycles. The van der Waals surface area contributed by atoms with Crippen molar-refractivity contribution in [1.29, 1.82) is 0 Å². The van der Waals surface area contributed by atoms with E-state index in [1.165, 1.54) is 7.05 Å². The fourth-order valence-electron chi connectivity index (χ4n) is 0.591. The molecule has 0 atom stereocenters. The molecule has 0 aromatic heterocycles. The number of hydrogen-bond donors (Lipinski definition) is 2. The predicted octanol–water partition coefficient (Wildman–Crippen LogP) is -0.215. The van der Waals surface area contributed by atoms with Gasteiger partial charge in [0, 0.05) is 7.05 Å². The summed E-state index contributed by atoms with van der Waals surface area (Å²) in [4.78, 5) is 32.3. The first-order chi connectivity index (χ1) is 6.61. The summed E-state index contributed by atoms with van der Waals surface area (Å²) in [5, 5.41) is 3.93. The zero-order valence-electron chi connectivity index (χ0n) is 8.25. The molecular formula is C8H14N2O4. The van der Waals surface area contributed by atoms with Gasteiger partial charge in [0.1, 0.15) is 0 Å². The minimum absolute atomic E-state index is 0.191. The average molecular weight is 202 g/mol. The number of imide groups is 1. The topological polar surface area (TPSA) is 84.5 Å². The number of amides is 3. The Morgan fingerprint density at radius 1 is 1.29 bits per heavy atom. The van der Waals surface area contributed by atoms with Crippen LogP contribution in [0.25, 0.3) is 0 Å². The largest absolute Gasteiger partial charge is 0.459 e. The van der Waals surface area contributed by atoms with Crippen molar-refractivity contribution in [3.8, 4) is 0 Å². The molecule has 0 saturated carbocycles. The van der Waals surface area contributed by atoms with Gasteiger partial charge in [0.25, 0.3) is 0 Å². The summed E-state index contributed by atoms with van der Waals surface area (Å²) in [6.45, 7) is 2.12. The van der Waals surface area contributed by atoms with Crippen LogP contribution in [0, 0.1) is 0 Å². The monoisotopic (exact) mass is 202 g/mol.